The minimum absolute atomic E-state index is 0.0267. The zero-order valence-electron chi connectivity index (χ0n) is 16.9. The Bertz CT molecular complexity index is 1000. The number of carbonyl (C=O) groups is 1. The third kappa shape index (κ3) is 4.98. The summed E-state index contributed by atoms with van der Waals surface area (Å²) in [5.74, 6) is -1.58. The number of nitrogens with one attached hydrogen (secondary N) is 2. The maximum Gasteiger partial charge on any atom is 0.232 e. The Morgan fingerprint density at radius 2 is 1.70 bits per heavy atom. The summed E-state index contributed by atoms with van der Waals surface area (Å²) in [6, 6.07) is 10.2. The van der Waals surface area contributed by atoms with Gasteiger partial charge in [-0.05, 0) is 43.5 Å². The average molecular weight is 437 g/mol. The van der Waals surface area contributed by atoms with Crippen LogP contribution in [-0.4, -0.2) is 20.1 Å². The monoisotopic (exact) mass is 436 g/mol. The standard InChI is InChI=1S/C22H26F2N2O3S/c1-2-30(28,29)26-19-10-7-17(8-11-19)22(12-4-3-5-13-22)21(27)25-15-16-6-9-18(23)14-20(16)24/h6-11,14,26H,2-5,12-13,15H2,1H3,(H,25,27). The van der Waals surface area contributed by atoms with Crippen LogP contribution in [0.3, 0.4) is 0 Å². The summed E-state index contributed by atoms with van der Waals surface area (Å²) < 4.78 is 53.1. The first kappa shape index (κ1) is 22.2. The van der Waals surface area contributed by atoms with Gasteiger partial charge in [0.15, 0.2) is 0 Å². The lowest BCUT2D eigenvalue weighted by molar-refractivity contribution is -0.128. The second kappa shape index (κ2) is 9.12. The molecular weight excluding hydrogens is 410 g/mol. The molecule has 3 rings (SSSR count). The van der Waals surface area contributed by atoms with Gasteiger partial charge >= 0.3 is 0 Å². The molecule has 0 aromatic heterocycles. The van der Waals surface area contributed by atoms with Crippen molar-refractivity contribution in [2.75, 3.05) is 10.5 Å². The Kier molecular flexibility index (Phi) is 6.75. The second-order valence-corrected chi connectivity index (χ2v) is 9.65. The SMILES string of the molecule is CCS(=O)(=O)Nc1ccc(C2(C(=O)NCc3ccc(F)cc3F)CCCCC2)cc1. The number of rotatable bonds is 7. The van der Waals surface area contributed by atoms with Crippen LogP contribution in [0, 0.1) is 11.6 Å². The fourth-order valence-electron chi connectivity index (χ4n) is 3.92. The number of benzene rings is 2. The molecule has 0 atom stereocenters. The molecular formula is C22H26F2N2O3S. The molecule has 5 nitrogen and oxygen atoms in total. The number of anilines is 1. The Balaban J connectivity index is 1.80. The topological polar surface area (TPSA) is 75.3 Å². The highest BCUT2D eigenvalue weighted by molar-refractivity contribution is 7.92. The third-order valence-corrected chi connectivity index (χ3v) is 6.99. The molecule has 162 valence electrons. The fraction of sp³-hybridized carbons (Fsp3) is 0.409. The molecule has 1 fully saturated rings. The first-order valence-electron chi connectivity index (χ1n) is 10.1. The number of halogens is 2. The smallest absolute Gasteiger partial charge is 0.232 e. The summed E-state index contributed by atoms with van der Waals surface area (Å²) in [5, 5.41) is 2.82. The van der Waals surface area contributed by atoms with Crippen molar-refractivity contribution >= 4 is 21.6 Å². The van der Waals surface area contributed by atoms with Crippen LogP contribution in [0.4, 0.5) is 14.5 Å². The van der Waals surface area contributed by atoms with Gasteiger partial charge in [0.25, 0.3) is 0 Å². The molecule has 0 aliphatic heterocycles. The Hall–Kier alpha value is -2.48. The molecule has 0 spiro atoms. The first-order valence-corrected chi connectivity index (χ1v) is 11.7. The Labute approximate surface area is 175 Å². The van der Waals surface area contributed by atoms with Gasteiger partial charge in [0.05, 0.1) is 11.2 Å². The van der Waals surface area contributed by atoms with E-state index >= 15 is 0 Å². The van der Waals surface area contributed by atoms with E-state index in [0.717, 1.165) is 37.0 Å². The molecule has 2 aromatic carbocycles. The molecule has 0 bridgehead atoms. The van der Waals surface area contributed by atoms with Gasteiger partial charge in [-0.1, -0.05) is 37.5 Å². The van der Waals surface area contributed by atoms with Crippen molar-refractivity contribution in [2.24, 2.45) is 0 Å². The number of carbonyl (C=O) groups excluding carboxylic acids is 1. The van der Waals surface area contributed by atoms with Crippen molar-refractivity contribution in [3.8, 4) is 0 Å². The van der Waals surface area contributed by atoms with E-state index in [0.29, 0.717) is 18.5 Å². The summed E-state index contributed by atoms with van der Waals surface area (Å²) >= 11 is 0. The molecule has 0 heterocycles. The molecule has 0 radical (unpaired) electrons. The molecule has 2 N–H and O–H groups in total. The summed E-state index contributed by atoms with van der Waals surface area (Å²) in [6.45, 7) is 1.53. The predicted molar refractivity (Wildman–Crippen MR) is 112 cm³/mol. The molecule has 1 aliphatic carbocycles. The molecule has 30 heavy (non-hydrogen) atoms. The van der Waals surface area contributed by atoms with E-state index in [9.17, 15) is 22.0 Å². The van der Waals surface area contributed by atoms with E-state index in [1.807, 2.05) is 0 Å². The minimum Gasteiger partial charge on any atom is -0.351 e. The highest BCUT2D eigenvalue weighted by Crippen LogP contribution is 2.40. The highest BCUT2D eigenvalue weighted by Gasteiger charge is 2.41. The highest BCUT2D eigenvalue weighted by atomic mass is 32.2. The molecule has 0 unspecified atom stereocenters. The number of sulfonamides is 1. The summed E-state index contributed by atoms with van der Waals surface area (Å²) in [4.78, 5) is 13.2. The third-order valence-electron chi connectivity index (χ3n) is 5.69. The maximum atomic E-state index is 13.9. The van der Waals surface area contributed by atoms with Gasteiger partial charge in [-0.2, -0.15) is 0 Å². The van der Waals surface area contributed by atoms with E-state index in [1.165, 1.54) is 6.07 Å². The summed E-state index contributed by atoms with van der Waals surface area (Å²) in [5.41, 5.74) is 0.718. The van der Waals surface area contributed by atoms with Gasteiger partial charge in [0, 0.05) is 23.9 Å². The normalized spacial score (nSPS) is 16.1. The molecule has 0 saturated heterocycles. The van der Waals surface area contributed by atoms with Crippen LogP contribution in [0.15, 0.2) is 42.5 Å². The lowest BCUT2D eigenvalue weighted by Gasteiger charge is -2.36. The van der Waals surface area contributed by atoms with Crippen LogP contribution in [0.5, 0.6) is 0 Å². The van der Waals surface area contributed by atoms with Crippen LogP contribution in [-0.2, 0) is 26.8 Å². The van der Waals surface area contributed by atoms with Crippen molar-refractivity contribution < 1.29 is 22.0 Å². The maximum absolute atomic E-state index is 13.9. The van der Waals surface area contributed by atoms with Crippen LogP contribution in [0.2, 0.25) is 0 Å². The minimum atomic E-state index is -3.38. The van der Waals surface area contributed by atoms with Crippen LogP contribution in [0.1, 0.15) is 50.2 Å². The van der Waals surface area contributed by atoms with E-state index in [2.05, 4.69) is 10.0 Å². The van der Waals surface area contributed by atoms with Gasteiger partial charge in [-0.3, -0.25) is 9.52 Å². The Morgan fingerprint density at radius 1 is 1.03 bits per heavy atom. The van der Waals surface area contributed by atoms with Crippen molar-refractivity contribution in [3.05, 3.63) is 65.2 Å². The van der Waals surface area contributed by atoms with E-state index < -0.39 is 27.1 Å². The molecule has 2 aromatic rings. The number of hydrogen-bond acceptors (Lipinski definition) is 3. The van der Waals surface area contributed by atoms with Crippen molar-refractivity contribution in [1.29, 1.82) is 0 Å². The van der Waals surface area contributed by atoms with Crippen LogP contribution >= 0.6 is 0 Å². The van der Waals surface area contributed by atoms with E-state index in [-0.39, 0.29) is 23.8 Å². The fourth-order valence-corrected chi connectivity index (χ4v) is 4.56. The largest absolute Gasteiger partial charge is 0.351 e. The van der Waals surface area contributed by atoms with Crippen molar-refractivity contribution in [1.82, 2.24) is 5.32 Å². The first-order chi connectivity index (χ1) is 14.3. The second-order valence-electron chi connectivity index (χ2n) is 7.64. The van der Waals surface area contributed by atoms with Gasteiger partial charge in [-0.25, -0.2) is 17.2 Å². The number of amides is 1. The van der Waals surface area contributed by atoms with E-state index in [1.54, 1.807) is 31.2 Å². The van der Waals surface area contributed by atoms with Gasteiger partial charge < -0.3 is 5.32 Å². The molecule has 8 heteroatoms. The van der Waals surface area contributed by atoms with Crippen molar-refractivity contribution in [2.45, 2.75) is 51.0 Å². The van der Waals surface area contributed by atoms with Crippen LogP contribution < -0.4 is 10.0 Å². The molecule has 1 saturated carbocycles. The summed E-state index contributed by atoms with van der Waals surface area (Å²) in [6.07, 6.45) is 4.14. The lowest BCUT2D eigenvalue weighted by atomic mass is 9.68. The zero-order chi connectivity index (χ0) is 21.8. The molecule has 1 amide bonds. The van der Waals surface area contributed by atoms with Gasteiger partial charge in [0.2, 0.25) is 15.9 Å². The van der Waals surface area contributed by atoms with Gasteiger partial charge in [0.1, 0.15) is 11.6 Å². The Morgan fingerprint density at radius 3 is 2.30 bits per heavy atom. The van der Waals surface area contributed by atoms with E-state index in [4.69, 9.17) is 0 Å². The average Bonchev–Trinajstić information content (AvgIpc) is 2.73. The molecule has 1 aliphatic rings. The van der Waals surface area contributed by atoms with Crippen molar-refractivity contribution in [3.63, 3.8) is 0 Å². The lowest BCUT2D eigenvalue weighted by Crippen LogP contribution is -2.45. The predicted octanol–water partition coefficient (Wildman–Crippen LogP) is 4.24. The zero-order valence-corrected chi connectivity index (χ0v) is 17.7. The summed E-state index contributed by atoms with van der Waals surface area (Å²) in [7, 11) is -3.38. The number of hydrogen-bond donors (Lipinski definition) is 2. The van der Waals surface area contributed by atoms with Gasteiger partial charge in [-0.15, -0.1) is 0 Å². The quantitative estimate of drug-likeness (QED) is 0.682. The van der Waals surface area contributed by atoms with Crippen LogP contribution in [0.25, 0.3) is 0 Å².